The Labute approximate surface area is 95.4 Å². The van der Waals surface area contributed by atoms with Crippen molar-refractivity contribution in [2.24, 2.45) is 0 Å². The molecular weight excluding hydrogens is 258 g/mol. The molecule has 0 saturated heterocycles. The van der Waals surface area contributed by atoms with Gasteiger partial charge in [0.15, 0.2) is 6.29 Å². The van der Waals surface area contributed by atoms with E-state index in [4.69, 9.17) is 0 Å². The summed E-state index contributed by atoms with van der Waals surface area (Å²) >= 11 is 3.41. The molecule has 2 aromatic heterocycles. The van der Waals surface area contributed by atoms with Gasteiger partial charge in [0.25, 0.3) is 0 Å². The van der Waals surface area contributed by atoms with Crippen molar-refractivity contribution in [2.45, 2.75) is 6.54 Å². The smallest absolute Gasteiger partial charge is 0.170 e. The number of rotatable bonds is 3. The zero-order chi connectivity index (χ0) is 10.8. The van der Waals surface area contributed by atoms with Crippen LogP contribution in [0.15, 0.2) is 22.8 Å². The van der Waals surface area contributed by atoms with Crippen molar-refractivity contribution < 1.29 is 4.79 Å². The Morgan fingerprint density at radius 3 is 3.13 bits per heavy atom. The van der Waals surface area contributed by atoms with E-state index >= 15 is 0 Å². The van der Waals surface area contributed by atoms with E-state index in [2.05, 4.69) is 26.2 Å². The van der Waals surface area contributed by atoms with Crippen LogP contribution in [-0.2, 0) is 6.54 Å². The highest BCUT2D eigenvalue weighted by Crippen LogP contribution is 2.21. The SMILES string of the molecule is CNCc1nc(C=O)c2c(Br)cccn12. The van der Waals surface area contributed by atoms with Crippen LogP contribution in [0.4, 0.5) is 0 Å². The highest BCUT2D eigenvalue weighted by molar-refractivity contribution is 9.10. The Bertz CT molecular complexity index is 507. The summed E-state index contributed by atoms with van der Waals surface area (Å²) in [7, 11) is 1.85. The van der Waals surface area contributed by atoms with E-state index < -0.39 is 0 Å². The van der Waals surface area contributed by atoms with Crippen molar-refractivity contribution in [2.75, 3.05) is 7.05 Å². The third kappa shape index (κ3) is 1.68. The Kier molecular flexibility index (Phi) is 2.83. The van der Waals surface area contributed by atoms with Gasteiger partial charge < -0.3 is 9.72 Å². The Balaban J connectivity index is 2.75. The normalized spacial score (nSPS) is 10.8. The van der Waals surface area contributed by atoms with Crippen molar-refractivity contribution in [3.63, 3.8) is 0 Å². The van der Waals surface area contributed by atoms with Crippen LogP contribution in [0.5, 0.6) is 0 Å². The number of nitrogens with one attached hydrogen (secondary N) is 1. The number of carbonyl (C=O) groups excluding carboxylic acids is 1. The van der Waals surface area contributed by atoms with E-state index in [1.54, 1.807) is 0 Å². The van der Waals surface area contributed by atoms with Crippen molar-refractivity contribution in [3.05, 3.63) is 34.3 Å². The first-order chi connectivity index (χ1) is 7.27. The standard InChI is InChI=1S/C10H10BrN3O/c1-12-5-9-13-8(6-15)10-7(11)3-2-4-14(9)10/h2-4,6,12H,5H2,1H3. The van der Waals surface area contributed by atoms with Crippen molar-refractivity contribution in [1.29, 1.82) is 0 Å². The molecule has 1 N–H and O–H groups in total. The molecule has 0 amide bonds. The number of aldehydes is 1. The number of halogens is 1. The highest BCUT2D eigenvalue weighted by Gasteiger charge is 2.11. The Morgan fingerprint density at radius 1 is 1.67 bits per heavy atom. The van der Waals surface area contributed by atoms with Gasteiger partial charge in [-0.3, -0.25) is 4.79 Å². The average molecular weight is 268 g/mol. The summed E-state index contributed by atoms with van der Waals surface area (Å²) in [5.74, 6) is 0.830. The second-order valence-corrected chi connectivity index (χ2v) is 3.99. The molecule has 0 unspecified atom stereocenters. The predicted molar refractivity (Wildman–Crippen MR) is 61.0 cm³/mol. The molecule has 2 heterocycles. The molecule has 2 aromatic rings. The fourth-order valence-electron chi connectivity index (χ4n) is 1.55. The zero-order valence-corrected chi connectivity index (χ0v) is 9.78. The molecule has 0 fully saturated rings. The molecule has 0 aliphatic carbocycles. The minimum atomic E-state index is 0.465. The average Bonchev–Trinajstić information content (AvgIpc) is 2.59. The second-order valence-electron chi connectivity index (χ2n) is 3.14. The number of hydrogen-bond acceptors (Lipinski definition) is 3. The fraction of sp³-hybridized carbons (Fsp3) is 0.200. The summed E-state index contributed by atoms with van der Waals surface area (Å²) in [6.07, 6.45) is 2.67. The van der Waals surface area contributed by atoms with Crippen molar-refractivity contribution >= 4 is 27.7 Å². The van der Waals surface area contributed by atoms with E-state index in [0.717, 1.165) is 22.1 Å². The van der Waals surface area contributed by atoms with Gasteiger partial charge in [0.1, 0.15) is 11.5 Å². The van der Waals surface area contributed by atoms with E-state index in [1.165, 1.54) is 0 Å². The number of pyridine rings is 1. The molecule has 78 valence electrons. The molecule has 0 spiro atoms. The minimum absolute atomic E-state index is 0.465. The third-order valence-electron chi connectivity index (χ3n) is 2.16. The predicted octanol–water partition coefficient (Wildman–Crippen LogP) is 1.63. The summed E-state index contributed by atoms with van der Waals surface area (Å²) in [4.78, 5) is 15.1. The summed E-state index contributed by atoms with van der Waals surface area (Å²) < 4.78 is 2.78. The lowest BCUT2D eigenvalue weighted by atomic mass is 10.3. The van der Waals surface area contributed by atoms with Crippen LogP contribution in [0.2, 0.25) is 0 Å². The first-order valence-corrected chi connectivity index (χ1v) is 5.32. The zero-order valence-electron chi connectivity index (χ0n) is 8.20. The molecule has 2 rings (SSSR count). The van der Waals surface area contributed by atoms with Gasteiger partial charge in [0, 0.05) is 10.7 Å². The third-order valence-corrected chi connectivity index (χ3v) is 2.80. The maximum Gasteiger partial charge on any atom is 0.170 e. The van der Waals surface area contributed by atoms with Crippen LogP contribution in [0.3, 0.4) is 0 Å². The molecule has 0 saturated carbocycles. The van der Waals surface area contributed by atoms with Gasteiger partial charge in [-0.05, 0) is 35.1 Å². The lowest BCUT2D eigenvalue weighted by molar-refractivity contribution is 0.112. The summed E-state index contributed by atoms with van der Waals surface area (Å²) in [5, 5.41) is 3.02. The van der Waals surface area contributed by atoms with Gasteiger partial charge in [-0.15, -0.1) is 0 Å². The molecule has 5 heteroatoms. The first-order valence-electron chi connectivity index (χ1n) is 4.53. The lowest BCUT2D eigenvalue weighted by Gasteiger charge is -2.00. The highest BCUT2D eigenvalue weighted by atomic mass is 79.9. The first kappa shape index (κ1) is 10.3. The van der Waals surface area contributed by atoms with Crippen LogP contribution in [-0.4, -0.2) is 22.7 Å². The summed E-state index contributed by atoms with van der Waals surface area (Å²) in [6.45, 7) is 0.630. The van der Waals surface area contributed by atoms with Gasteiger partial charge in [-0.2, -0.15) is 0 Å². The van der Waals surface area contributed by atoms with Crippen LogP contribution in [0.1, 0.15) is 16.3 Å². The quantitative estimate of drug-likeness (QED) is 0.860. The molecule has 0 bridgehead atoms. The Hall–Kier alpha value is -1.20. The van der Waals surface area contributed by atoms with Crippen LogP contribution in [0.25, 0.3) is 5.52 Å². The van der Waals surface area contributed by atoms with Gasteiger partial charge >= 0.3 is 0 Å². The van der Waals surface area contributed by atoms with Crippen LogP contribution >= 0.6 is 15.9 Å². The Morgan fingerprint density at radius 2 is 2.47 bits per heavy atom. The van der Waals surface area contributed by atoms with E-state index in [-0.39, 0.29) is 0 Å². The van der Waals surface area contributed by atoms with E-state index in [0.29, 0.717) is 12.2 Å². The number of nitrogens with zero attached hydrogens (tertiary/aromatic N) is 2. The molecular formula is C10H10BrN3O. The van der Waals surface area contributed by atoms with Crippen molar-refractivity contribution in [1.82, 2.24) is 14.7 Å². The molecule has 0 aliphatic rings. The van der Waals surface area contributed by atoms with Crippen LogP contribution in [0, 0.1) is 0 Å². The van der Waals surface area contributed by atoms with Crippen LogP contribution < -0.4 is 5.32 Å². The van der Waals surface area contributed by atoms with Gasteiger partial charge in [0.2, 0.25) is 0 Å². The molecule has 0 aromatic carbocycles. The monoisotopic (exact) mass is 267 g/mol. The number of imidazole rings is 1. The van der Waals surface area contributed by atoms with Gasteiger partial charge in [-0.1, -0.05) is 0 Å². The van der Waals surface area contributed by atoms with E-state index in [1.807, 2.05) is 29.8 Å². The topological polar surface area (TPSA) is 46.4 Å². The lowest BCUT2D eigenvalue weighted by Crippen LogP contribution is -2.08. The fourth-order valence-corrected chi connectivity index (χ4v) is 2.10. The summed E-state index contributed by atoms with van der Waals surface area (Å²) in [6, 6.07) is 3.81. The summed E-state index contributed by atoms with van der Waals surface area (Å²) in [5.41, 5.74) is 1.28. The number of carbonyl (C=O) groups is 1. The number of fused-ring (bicyclic) bond motifs is 1. The number of aromatic nitrogens is 2. The molecule has 0 radical (unpaired) electrons. The maximum absolute atomic E-state index is 10.9. The maximum atomic E-state index is 10.9. The largest absolute Gasteiger partial charge is 0.313 e. The molecule has 0 aliphatic heterocycles. The minimum Gasteiger partial charge on any atom is -0.313 e. The molecule has 4 nitrogen and oxygen atoms in total. The molecule has 15 heavy (non-hydrogen) atoms. The van der Waals surface area contributed by atoms with Gasteiger partial charge in [0.05, 0.1) is 12.1 Å². The van der Waals surface area contributed by atoms with Crippen molar-refractivity contribution in [3.8, 4) is 0 Å². The number of hydrogen-bond donors (Lipinski definition) is 1. The van der Waals surface area contributed by atoms with Gasteiger partial charge in [-0.25, -0.2) is 4.98 Å². The molecule has 0 atom stereocenters. The van der Waals surface area contributed by atoms with E-state index in [9.17, 15) is 4.79 Å². The second kappa shape index (κ2) is 4.12.